The van der Waals surface area contributed by atoms with Crippen LogP contribution in [-0.4, -0.2) is 57.4 Å². The van der Waals surface area contributed by atoms with E-state index in [9.17, 15) is 18.0 Å². The van der Waals surface area contributed by atoms with Gasteiger partial charge in [-0.3, -0.25) is 9.59 Å². The molecule has 0 unspecified atom stereocenters. The smallest absolute Gasteiger partial charge is 0.255 e. The molecule has 8 nitrogen and oxygen atoms in total. The van der Waals surface area contributed by atoms with Crippen LogP contribution in [0.2, 0.25) is 0 Å². The molecule has 4 rings (SSSR count). The molecule has 0 spiro atoms. The number of amides is 2. The van der Waals surface area contributed by atoms with Crippen molar-refractivity contribution >= 4 is 33.2 Å². The number of carbonyl (C=O) groups excluding carboxylic acids is 2. The molecule has 2 aromatic rings. The number of anilines is 2. The zero-order chi connectivity index (χ0) is 22.0. The standard InChI is InChI=1S/C22H25N3O5S/c1-16-4-5-17(15-20(16)31(28,29)24-11-13-30-14-12-24)22(27)23-18-6-8-19(9-7-18)25-10-2-3-21(25)26/h4-9,15H,2-3,10-14H2,1H3,(H,23,27). The van der Waals surface area contributed by atoms with E-state index in [2.05, 4.69) is 5.32 Å². The number of nitrogens with one attached hydrogen (secondary N) is 1. The number of morpholine rings is 1. The normalized spacial score (nSPS) is 17.7. The lowest BCUT2D eigenvalue weighted by atomic mass is 10.1. The van der Waals surface area contributed by atoms with Crippen molar-refractivity contribution in [2.45, 2.75) is 24.7 Å². The van der Waals surface area contributed by atoms with Gasteiger partial charge in [0.1, 0.15) is 0 Å². The molecule has 2 aliphatic heterocycles. The lowest BCUT2D eigenvalue weighted by Gasteiger charge is -2.26. The summed E-state index contributed by atoms with van der Waals surface area (Å²) in [5, 5.41) is 2.79. The maximum absolute atomic E-state index is 13.0. The van der Waals surface area contributed by atoms with Crippen LogP contribution >= 0.6 is 0 Å². The highest BCUT2D eigenvalue weighted by molar-refractivity contribution is 7.89. The van der Waals surface area contributed by atoms with Crippen LogP contribution < -0.4 is 10.2 Å². The summed E-state index contributed by atoms with van der Waals surface area (Å²) in [6, 6.07) is 11.7. The van der Waals surface area contributed by atoms with Crippen LogP contribution in [0.25, 0.3) is 0 Å². The molecule has 2 heterocycles. The summed E-state index contributed by atoms with van der Waals surface area (Å²) < 4.78 is 32.7. The second kappa shape index (κ2) is 8.78. The van der Waals surface area contributed by atoms with E-state index >= 15 is 0 Å². The first-order valence-corrected chi connectivity index (χ1v) is 11.7. The van der Waals surface area contributed by atoms with Crippen molar-refractivity contribution in [1.29, 1.82) is 0 Å². The Balaban J connectivity index is 1.51. The Morgan fingerprint density at radius 2 is 1.74 bits per heavy atom. The zero-order valence-corrected chi connectivity index (χ0v) is 18.2. The van der Waals surface area contributed by atoms with E-state index in [-0.39, 0.29) is 16.4 Å². The SMILES string of the molecule is Cc1ccc(C(=O)Nc2ccc(N3CCCC3=O)cc2)cc1S(=O)(=O)N1CCOCC1. The Hall–Kier alpha value is -2.75. The molecule has 0 atom stereocenters. The molecule has 31 heavy (non-hydrogen) atoms. The van der Waals surface area contributed by atoms with Crippen LogP contribution in [0.1, 0.15) is 28.8 Å². The first-order chi connectivity index (χ1) is 14.9. The highest BCUT2D eigenvalue weighted by atomic mass is 32.2. The molecule has 2 aliphatic rings. The Bertz CT molecular complexity index is 1090. The van der Waals surface area contributed by atoms with Crippen LogP contribution in [0.15, 0.2) is 47.4 Å². The van der Waals surface area contributed by atoms with Gasteiger partial charge in [-0.15, -0.1) is 0 Å². The molecule has 2 saturated heterocycles. The molecule has 0 aliphatic carbocycles. The highest BCUT2D eigenvalue weighted by Gasteiger charge is 2.28. The van der Waals surface area contributed by atoms with Crippen molar-refractivity contribution in [3.63, 3.8) is 0 Å². The summed E-state index contributed by atoms with van der Waals surface area (Å²) in [6.07, 6.45) is 1.40. The van der Waals surface area contributed by atoms with Gasteiger partial charge < -0.3 is 15.0 Å². The molecule has 2 amide bonds. The lowest BCUT2D eigenvalue weighted by Crippen LogP contribution is -2.40. The lowest BCUT2D eigenvalue weighted by molar-refractivity contribution is -0.117. The molecule has 9 heteroatoms. The summed E-state index contributed by atoms with van der Waals surface area (Å²) in [4.78, 5) is 26.5. The number of benzene rings is 2. The maximum atomic E-state index is 13.0. The first kappa shape index (κ1) is 21.5. The van der Waals surface area contributed by atoms with Crippen molar-refractivity contribution in [3.8, 4) is 0 Å². The molecular weight excluding hydrogens is 418 g/mol. The molecule has 2 aromatic carbocycles. The molecule has 2 fully saturated rings. The fourth-order valence-electron chi connectivity index (χ4n) is 3.79. The average molecular weight is 444 g/mol. The van der Waals surface area contributed by atoms with E-state index < -0.39 is 15.9 Å². The Labute approximate surface area is 181 Å². The largest absolute Gasteiger partial charge is 0.379 e. The first-order valence-electron chi connectivity index (χ1n) is 10.3. The van der Waals surface area contributed by atoms with Crippen LogP contribution in [0.4, 0.5) is 11.4 Å². The molecule has 164 valence electrons. The Morgan fingerprint density at radius 1 is 1.03 bits per heavy atom. The minimum atomic E-state index is -3.71. The van der Waals surface area contributed by atoms with E-state index in [1.54, 1.807) is 48.2 Å². The van der Waals surface area contributed by atoms with Crippen LogP contribution in [0, 0.1) is 6.92 Å². The van der Waals surface area contributed by atoms with Crippen LogP contribution in [0.5, 0.6) is 0 Å². The topological polar surface area (TPSA) is 96.0 Å². The fraction of sp³-hybridized carbons (Fsp3) is 0.364. The van der Waals surface area contributed by atoms with Gasteiger partial charge in [-0.2, -0.15) is 4.31 Å². The van der Waals surface area contributed by atoms with E-state index in [0.29, 0.717) is 50.5 Å². The quantitative estimate of drug-likeness (QED) is 0.766. The number of sulfonamides is 1. The van der Waals surface area contributed by atoms with Crippen molar-refractivity contribution < 1.29 is 22.7 Å². The van der Waals surface area contributed by atoms with Gasteiger partial charge in [0.25, 0.3) is 5.91 Å². The van der Waals surface area contributed by atoms with Gasteiger partial charge in [0.2, 0.25) is 15.9 Å². The number of hydrogen-bond acceptors (Lipinski definition) is 5. The van der Waals surface area contributed by atoms with Gasteiger partial charge in [0, 0.05) is 43.0 Å². The second-order valence-corrected chi connectivity index (χ2v) is 9.55. The van der Waals surface area contributed by atoms with Crippen molar-refractivity contribution in [1.82, 2.24) is 4.31 Å². The number of nitrogens with zero attached hydrogens (tertiary/aromatic N) is 2. The van der Waals surface area contributed by atoms with Crippen molar-refractivity contribution in [2.75, 3.05) is 43.1 Å². The van der Waals surface area contributed by atoms with Gasteiger partial charge in [0.05, 0.1) is 18.1 Å². The second-order valence-electron chi connectivity index (χ2n) is 7.65. The molecular formula is C22H25N3O5S. The minimum absolute atomic E-state index is 0.102. The van der Waals surface area contributed by atoms with E-state index in [4.69, 9.17) is 4.74 Å². The minimum Gasteiger partial charge on any atom is -0.379 e. The number of ether oxygens (including phenoxy) is 1. The van der Waals surface area contributed by atoms with Crippen LogP contribution in [0.3, 0.4) is 0 Å². The predicted molar refractivity (Wildman–Crippen MR) is 117 cm³/mol. The molecule has 1 N–H and O–H groups in total. The monoisotopic (exact) mass is 443 g/mol. The maximum Gasteiger partial charge on any atom is 0.255 e. The van der Waals surface area contributed by atoms with E-state index in [0.717, 1.165) is 12.1 Å². The van der Waals surface area contributed by atoms with Gasteiger partial charge >= 0.3 is 0 Å². The number of hydrogen-bond donors (Lipinski definition) is 1. The third-order valence-electron chi connectivity index (χ3n) is 5.55. The summed E-state index contributed by atoms with van der Waals surface area (Å²) >= 11 is 0. The summed E-state index contributed by atoms with van der Waals surface area (Å²) in [6.45, 7) is 3.73. The van der Waals surface area contributed by atoms with Crippen molar-refractivity contribution in [2.24, 2.45) is 0 Å². The van der Waals surface area contributed by atoms with Gasteiger partial charge in [-0.05, 0) is 55.3 Å². The van der Waals surface area contributed by atoms with E-state index in [1.165, 1.54) is 10.4 Å². The molecule has 0 radical (unpaired) electrons. The highest BCUT2D eigenvalue weighted by Crippen LogP contribution is 2.25. The zero-order valence-electron chi connectivity index (χ0n) is 17.3. The molecule has 0 saturated carbocycles. The van der Waals surface area contributed by atoms with E-state index in [1.807, 2.05) is 0 Å². The van der Waals surface area contributed by atoms with Gasteiger partial charge in [0.15, 0.2) is 0 Å². The predicted octanol–water partition coefficient (Wildman–Crippen LogP) is 2.40. The van der Waals surface area contributed by atoms with Gasteiger partial charge in [-0.1, -0.05) is 6.07 Å². The molecule has 0 aromatic heterocycles. The number of aryl methyl sites for hydroxylation is 1. The summed E-state index contributed by atoms with van der Waals surface area (Å²) in [5.41, 5.74) is 2.21. The summed E-state index contributed by atoms with van der Waals surface area (Å²) in [5.74, 6) is -0.297. The van der Waals surface area contributed by atoms with Gasteiger partial charge in [-0.25, -0.2) is 8.42 Å². The summed E-state index contributed by atoms with van der Waals surface area (Å²) in [7, 11) is -3.71. The number of carbonyl (C=O) groups is 2. The van der Waals surface area contributed by atoms with Crippen LogP contribution in [-0.2, 0) is 19.6 Å². The Kier molecular flexibility index (Phi) is 6.08. The fourth-order valence-corrected chi connectivity index (χ4v) is 5.45. The average Bonchev–Trinajstić information content (AvgIpc) is 3.21. The third-order valence-corrected chi connectivity index (χ3v) is 7.59. The molecule has 0 bridgehead atoms. The van der Waals surface area contributed by atoms with Crippen molar-refractivity contribution in [3.05, 3.63) is 53.6 Å². The third kappa shape index (κ3) is 4.48. The Morgan fingerprint density at radius 3 is 2.39 bits per heavy atom. The number of rotatable bonds is 5.